The Kier molecular flexibility index (Phi) is 5.73. The fraction of sp³-hybridized carbons (Fsp3) is 0.160. The summed E-state index contributed by atoms with van der Waals surface area (Å²) >= 11 is 0. The van der Waals surface area contributed by atoms with Gasteiger partial charge in [-0.2, -0.15) is 0 Å². The third-order valence-electron chi connectivity index (χ3n) is 5.46. The fourth-order valence-corrected chi connectivity index (χ4v) is 3.79. The number of hydrogen-bond donors (Lipinski definition) is 1. The highest BCUT2D eigenvalue weighted by atomic mass is 19.1. The van der Waals surface area contributed by atoms with E-state index in [1.165, 1.54) is 24.1 Å². The van der Waals surface area contributed by atoms with Gasteiger partial charge in [0.05, 0.1) is 18.7 Å². The molecule has 0 bridgehead atoms. The number of amides is 1. The van der Waals surface area contributed by atoms with E-state index in [1.54, 1.807) is 24.5 Å². The van der Waals surface area contributed by atoms with Crippen LogP contribution in [0.4, 0.5) is 4.39 Å². The number of aliphatic hydroxyl groups excluding tert-OH is 1. The van der Waals surface area contributed by atoms with E-state index in [1.807, 2.05) is 31.2 Å². The van der Waals surface area contributed by atoms with E-state index >= 15 is 0 Å². The number of ketones is 1. The number of rotatable bonds is 5. The van der Waals surface area contributed by atoms with E-state index in [4.69, 9.17) is 4.74 Å². The first-order valence-electron chi connectivity index (χ1n) is 9.98. The average molecular weight is 432 g/mol. The molecule has 1 aliphatic heterocycles. The molecule has 0 unspecified atom stereocenters. The maximum Gasteiger partial charge on any atom is 0.295 e. The lowest BCUT2D eigenvalue weighted by molar-refractivity contribution is -0.140. The van der Waals surface area contributed by atoms with E-state index in [9.17, 15) is 19.1 Å². The molecule has 6 nitrogen and oxygen atoms in total. The molecule has 3 aromatic rings. The summed E-state index contributed by atoms with van der Waals surface area (Å²) in [5, 5.41) is 11.0. The summed E-state index contributed by atoms with van der Waals surface area (Å²) in [6, 6.07) is 13.9. The van der Waals surface area contributed by atoms with Crippen LogP contribution < -0.4 is 4.74 Å². The number of Topliss-reactive ketones (excluding diaryl/α,β-unsaturated/α-hetero) is 1. The summed E-state index contributed by atoms with van der Waals surface area (Å²) in [6.07, 6.45) is 3.21. The highest BCUT2D eigenvalue weighted by molar-refractivity contribution is 6.46. The first-order valence-corrected chi connectivity index (χ1v) is 9.98. The predicted molar refractivity (Wildman–Crippen MR) is 116 cm³/mol. The van der Waals surface area contributed by atoms with Crippen LogP contribution in [-0.4, -0.2) is 33.8 Å². The van der Waals surface area contributed by atoms with E-state index in [0.29, 0.717) is 5.56 Å². The predicted octanol–water partition coefficient (Wildman–Crippen LogP) is 4.16. The van der Waals surface area contributed by atoms with E-state index in [2.05, 4.69) is 4.98 Å². The Morgan fingerprint density at radius 3 is 2.41 bits per heavy atom. The summed E-state index contributed by atoms with van der Waals surface area (Å²) < 4.78 is 19.2. The molecule has 1 atom stereocenters. The van der Waals surface area contributed by atoms with Gasteiger partial charge in [0.25, 0.3) is 11.7 Å². The van der Waals surface area contributed by atoms with Gasteiger partial charge in [-0.1, -0.05) is 29.8 Å². The zero-order chi connectivity index (χ0) is 22.8. The van der Waals surface area contributed by atoms with Crippen LogP contribution in [0, 0.1) is 12.7 Å². The lowest BCUT2D eigenvalue weighted by Crippen LogP contribution is -2.29. The van der Waals surface area contributed by atoms with Crippen molar-refractivity contribution < 1.29 is 23.8 Å². The van der Waals surface area contributed by atoms with Crippen molar-refractivity contribution >= 4 is 17.4 Å². The number of carbonyl (C=O) groups excluding carboxylic acids is 2. The maximum absolute atomic E-state index is 14.3. The number of halogens is 1. The lowest BCUT2D eigenvalue weighted by atomic mass is 9.94. The number of benzene rings is 2. The second-order valence-electron chi connectivity index (χ2n) is 7.54. The van der Waals surface area contributed by atoms with Crippen molar-refractivity contribution in [3.63, 3.8) is 0 Å². The van der Waals surface area contributed by atoms with Crippen LogP contribution in [0.25, 0.3) is 5.76 Å². The molecule has 0 radical (unpaired) electrons. The molecule has 2 heterocycles. The Morgan fingerprint density at radius 2 is 1.78 bits per heavy atom. The Morgan fingerprint density at radius 1 is 1.09 bits per heavy atom. The van der Waals surface area contributed by atoms with E-state index in [0.717, 1.165) is 17.2 Å². The minimum Gasteiger partial charge on any atom is -0.507 e. The minimum absolute atomic E-state index is 0.00905. The molecule has 1 fully saturated rings. The van der Waals surface area contributed by atoms with Gasteiger partial charge in [0.15, 0.2) is 11.6 Å². The topological polar surface area (TPSA) is 79.7 Å². The van der Waals surface area contributed by atoms with Gasteiger partial charge in [0.2, 0.25) is 0 Å². The third-order valence-corrected chi connectivity index (χ3v) is 5.46. The molecule has 0 aliphatic carbocycles. The van der Waals surface area contributed by atoms with Crippen molar-refractivity contribution in [3.8, 4) is 5.75 Å². The molecule has 1 amide bonds. The molecule has 32 heavy (non-hydrogen) atoms. The highest BCUT2D eigenvalue weighted by Crippen LogP contribution is 2.40. The zero-order valence-electron chi connectivity index (χ0n) is 17.6. The number of pyridine rings is 1. The van der Waals surface area contributed by atoms with Crippen molar-refractivity contribution in [2.24, 2.45) is 0 Å². The van der Waals surface area contributed by atoms with Gasteiger partial charge in [0.1, 0.15) is 5.76 Å². The van der Waals surface area contributed by atoms with Crippen molar-refractivity contribution in [3.05, 3.63) is 101 Å². The number of aryl methyl sites for hydroxylation is 1. The van der Waals surface area contributed by atoms with Crippen LogP contribution in [0.1, 0.15) is 28.3 Å². The van der Waals surface area contributed by atoms with E-state index in [-0.39, 0.29) is 23.4 Å². The normalized spacial score (nSPS) is 17.6. The van der Waals surface area contributed by atoms with Crippen LogP contribution in [0.15, 0.2) is 72.6 Å². The van der Waals surface area contributed by atoms with Crippen molar-refractivity contribution in [2.45, 2.75) is 19.5 Å². The van der Waals surface area contributed by atoms with Crippen LogP contribution >= 0.6 is 0 Å². The van der Waals surface area contributed by atoms with Gasteiger partial charge < -0.3 is 14.7 Å². The van der Waals surface area contributed by atoms with Crippen molar-refractivity contribution in [2.75, 3.05) is 7.11 Å². The molecular formula is C25H21FN2O4. The molecule has 162 valence electrons. The molecule has 1 aliphatic rings. The van der Waals surface area contributed by atoms with Crippen LogP contribution in [0.5, 0.6) is 5.75 Å². The Bertz CT molecular complexity index is 1210. The number of methoxy groups -OCH3 is 1. The lowest BCUT2D eigenvalue weighted by Gasteiger charge is -2.25. The molecule has 2 aromatic carbocycles. The van der Waals surface area contributed by atoms with Gasteiger partial charge in [-0.15, -0.1) is 0 Å². The molecule has 0 saturated carbocycles. The van der Waals surface area contributed by atoms with Gasteiger partial charge >= 0.3 is 0 Å². The molecule has 1 N–H and O–H groups in total. The molecule has 0 spiro atoms. The van der Waals surface area contributed by atoms with Gasteiger partial charge in [-0.05, 0) is 48.4 Å². The molecule has 1 aromatic heterocycles. The third kappa shape index (κ3) is 3.85. The zero-order valence-corrected chi connectivity index (χ0v) is 17.6. The monoisotopic (exact) mass is 432 g/mol. The van der Waals surface area contributed by atoms with Gasteiger partial charge in [-0.3, -0.25) is 14.6 Å². The number of nitrogens with zero attached hydrogens (tertiary/aromatic N) is 2. The van der Waals surface area contributed by atoms with Crippen molar-refractivity contribution in [1.29, 1.82) is 0 Å². The SMILES string of the molecule is COc1ccc(C(O)=C2C(=O)C(=O)N(Cc3ccncc3)[C@H]2c2ccc(C)cc2)cc1F. The van der Waals surface area contributed by atoms with Crippen LogP contribution in [0.3, 0.4) is 0 Å². The number of ether oxygens (including phenoxy) is 1. The fourth-order valence-electron chi connectivity index (χ4n) is 3.79. The summed E-state index contributed by atoms with van der Waals surface area (Å²) in [4.78, 5) is 31.4. The first-order chi connectivity index (χ1) is 15.4. The maximum atomic E-state index is 14.3. The molecular weight excluding hydrogens is 411 g/mol. The Hall–Kier alpha value is -4.00. The van der Waals surface area contributed by atoms with Crippen LogP contribution in [0.2, 0.25) is 0 Å². The summed E-state index contributed by atoms with van der Waals surface area (Å²) in [5.41, 5.74) is 2.46. The molecule has 4 rings (SSSR count). The largest absolute Gasteiger partial charge is 0.507 e. The number of aromatic nitrogens is 1. The Balaban J connectivity index is 1.86. The summed E-state index contributed by atoms with van der Waals surface area (Å²) in [6.45, 7) is 2.08. The number of likely N-dealkylation sites (tertiary alicyclic amines) is 1. The number of carbonyl (C=O) groups is 2. The number of hydrogen-bond acceptors (Lipinski definition) is 5. The summed E-state index contributed by atoms with van der Waals surface area (Å²) in [7, 11) is 1.33. The Labute approximate surface area is 184 Å². The minimum atomic E-state index is -0.825. The molecule has 7 heteroatoms. The first kappa shape index (κ1) is 21.2. The standard InChI is InChI=1S/C25H21FN2O4/c1-15-3-5-17(6-4-15)22-21(23(29)18-7-8-20(32-2)19(26)13-18)24(30)25(31)28(22)14-16-9-11-27-12-10-16/h3-13,22,29H,14H2,1-2H3/t22-/m0/s1. The molecule has 1 saturated heterocycles. The smallest absolute Gasteiger partial charge is 0.295 e. The van der Waals surface area contributed by atoms with Crippen LogP contribution in [-0.2, 0) is 16.1 Å². The quantitative estimate of drug-likeness (QED) is 0.372. The second-order valence-corrected chi connectivity index (χ2v) is 7.54. The highest BCUT2D eigenvalue weighted by Gasteiger charge is 2.46. The van der Waals surface area contributed by atoms with Gasteiger partial charge in [0, 0.05) is 24.5 Å². The summed E-state index contributed by atoms with van der Waals surface area (Å²) in [5.74, 6) is -2.67. The average Bonchev–Trinajstić information content (AvgIpc) is 3.04. The number of aliphatic hydroxyl groups is 1. The second kappa shape index (κ2) is 8.63. The van der Waals surface area contributed by atoms with E-state index < -0.39 is 29.3 Å². The van der Waals surface area contributed by atoms with Crippen molar-refractivity contribution in [1.82, 2.24) is 9.88 Å². The van der Waals surface area contributed by atoms with Gasteiger partial charge in [-0.25, -0.2) is 4.39 Å².